The SMILES string of the molecule is O=C(O)c1n[nH]nc1CSc1ccc(N2CCCCC2)c2ccccc12. The van der Waals surface area contributed by atoms with Crippen LogP contribution in [0, 0.1) is 0 Å². The highest BCUT2D eigenvalue weighted by molar-refractivity contribution is 7.98. The fourth-order valence-electron chi connectivity index (χ4n) is 3.46. The summed E-state index contributed by atoms with van der Waals surface area (Å²) in [4.78, 5) is 14.8. The van der Waals surface area contributed by atoms with E-state index < -0.39 is 5.97 Å². The first kappa shape index (κ1) is 16.9. The van der Waals surface area contributed by atoms with Crippen molar-refractivity contribution in [1.82, 2.24) is 15.4 Å². The number of anilines is 1. The maximum atomic E-state index is 11.2. The van der Waals surface area contributed by atoms with Gasteiger partial charge in [0.25, 0.3) is 0 Å². The van der Waals surface area contributed by atoms with Gasteiger partial charge in [0, 0.05) is 34.8 Å². The number of hydrogen-bond donors (Lipinski definition) is 2. The summed E-state index contributed by atoms with van der Waals surface area (Å²) >= 11 is 1.59. The van der Waals surface area contributed by atoms with Crippen LogP contribution in [0.25, 0.3) is 10.8 Å². The highest BCUT2D eigenvalue weighted by Crippen LogP contribution is 2.36. The Morgan fingerprint density at radius 1 is 1.08 bits per heavy atom. The number of fused-ring (bicyclic) bond motifs is 1. The second kappa shape index (κ2) is 7.37. The minimum atomic E-state index is -1.06. The summed E-state index contributed by atoms with van der Waals surface area (Å²) in [5.74, 6) is -0.592. The van der Waals surface area contributed by atoms with Gasteiger partial charge in [0.15, 0.2) is 5.69 Å². The molecule has 3 aromatic rings. The van der Waals surface area contributed by atoms with Crippen molar-refractivity contribution in [2.24, 2.45) is 0 Å². The predicted molar refractivity (Wildman–Crippen MR) is 103 cm³/mol. The molecule has 1 saturated heterocycles. The maximum Gasteiger partial charge on any atom is 0.358 e. The van der Waals surface area contributed by atoms with Crippen molar-refractivity contribution in [2.45, 2.75) is 29.9 Å². The molecule has 7 heteroatoms. The van der Waals surface area contributed by atoms with Gasteiger partial charge >= 0.3 is 5.97 Å². The molecular formula is C19H20N4O2S. The molecule has 2 aromatic carbocycles. The molecule has 0 aliphatic carbocycles. The zero-order valence-corrected chi connectivity index (χ0v) is 15.1. The van der Waals surface area contributed by atoms with Crippen LogP contribution in [-0.4, -0.2) is 39.6 Å². The van der Waals surface area contributed by atoms with Crippen molar-refractivity contribution in [3.63, 3.8) is 0 Å². The molecule has 0 saturated carbocycles. The van der Waals surface area contributed by atoms with Gasteiger partial charge in [-0.2, -0.15) is 10.3 Å². The minimum Gasteiger partial charge on any atom is -0.476 e. The van der Waals surface area contributed by atoms with E-state index in [-0.39, 0.29) is 5.69 Å². The minimum absolute atomic E-state index is 0.00765. The molecule has 0 unspecified atom stereocenters. The second-order valence-corrected chi connectivity index (χ2v) is 7.41. The van der Waals surface area contributed by atoms with Gasteiger partial charge in [0.05, 0.1) is 0 Å². The standard InChI is InChI=1S/C19H20N4O2S/c24-19(25)18-15(20-22-21-18)12-26-17-9-8-16(23-10-4-1-5-11-23)13-6-2-3-7-14(13)17/h2-3,6-9H,1,4-5,10-12H2,(H,24,25)(H,20,21,22). The van der Waals surface area contributed by atoms with Gasteiger partial charge in [-0.3, -0.25) is 0 Å². The van der Waals surface area contributed by atoms with Gasteiger partial charge in [-0.25, -0.2) is 4.79 Å². The molecule has 4 rings (SSSR count). The van der Waals surface area contributed by atoms with Gasteiger partial charge in [0.2, 0.25) is 0 Å². The van der Waals surface area contributed by atoms with Gasteiger partial charge in [-0.15, -0.1) is 16.9 Å². The summed E-state index contributed by atoms with van der Waals surface area (Å²) in [6.45, 7) is 2.22. The molecule has 1 aliphatic rings. The molecular weight excluding hydrogens is 348 g/mol. The number of carboxylic acid groups (broad SMARTS) is 1. The Balaban J connectivity index is 1.64. The Labute approximate surface area is 155 Å². The monoisotopic (exact) mass is 368 g/mol. The van der Waals surface area contributed by atoms with E-state index in [1.165, 1.54) is 35.7 Å². The molecule has 2 heterocycles. The number of nitrogens with one attached hydrogen (secondary N) is 1. The lowest BCUT2D eigenvalue weighted by Gasteiger charge is -2.30. The van der Waals surface area contributed by atoms with Crippen LogP contribution in [0.3, 0.4) is 0 Å². The van der Waals surface area contributed by atoms with E-state index >= 15 is 0 Å². The summed E-state index contributed by atoms with van der Waals surface area (Å²) in [6, 6.07) is 12.7. The summed E-state index contributed by atoms with van der Waals surface area (Å²) < 4.78 is 0. The lowest BCUT2D eigenvalue weighted by Crippen LogP contribution is -2.29. The molecule has 1 aromatic heterocycles. The Morgan fingerprint density at radius 3 is 2.62 bits per heavy atom. The van der Waals surface area contributed by atoms with E-state index in [9.17, 15) is 4.79 Å². The normalized spacial score (nSPS) is 14.7. The largest absolute Gasteiger partial charge is 0.476 e. The summed E-state index contributed by atoms with van der Waals surface area (Å²) in [7, 11) is 0. The Kier molecular flexibility index (Phi) is 4.79. The number of aromatic amines is 1. The third-order valence-corrected chi connectivity index (χ3v) is 5.83. The number of hydrogen-bond acceptors (Lipinski definition) is 5. The van der Waals surface area contributed by atoms with Crippen LogP contribution in [0.2, 0.25) is 0 Å². The van der Waals surface area contributed by atoms with E-state index in [4.69, 9.17) is 5.11 Å². The molecule has 26 heavy (non-hydrogen) atoms. The lowest BCUT2D eigenvalue weighted by molar-refractivity contribution is 0.0689. The third kappa shape index (κ3) is 3.26. The summed E-state index contributed by atoms with van der Waals surface area (Å²) in [6.07, 6.45) is 3.80. The summed E-state index contributed by atoms with van der Waals surface area (Å²) in [5.41, 5.74) is 1.75. The van der Waals surface area contributed by atoms with Gasteiger partial charge in [-0.05, 0) is 36.8 Å². The number of aromatic carboxylic acids is 1. The Morgan fingerprint density at radius 2 is 1.85 bits per heavy atom. The number of carboxylic acids is 1. The zero-order valence-electron chi connectivity index (χ0n) is 14.3. The highest BCUT2D eigenvalue weighted by atomic mass is 32.2. The summed E-state index contributed by atoms with van der Waals surface area (Å²) in [5, 5.41) is 21.7. The Bertz CT molecular complexity index is 934. The quantitative estimate of drug-likeness (QED) is 0.664. The van der Waals surface area contributed by atoms with E-state index in [1.807, 2.05) is 6.07 Å². The molecule has 134 valence electrons. The van der Waals surface area contributed by atoms with Crippen LogP contribution in [0.1, 0.15) is 35.4 Å². The fraction of sp³-hybridized carbons (Fsp3) is 0.316. The number of carbonyl (C=O) groups is 1. The molecule has 0 amide bonds. The van der Waals surface area contributed by atoms with Crippen molar-refractivity contribution in [1.29, 1.82) is 0 Å². The first-order valence-electron chi connectivity index (χ1n) is 8.76. The fourth-order valence-corrected chi connectivity index (χ4v) is 4.45. The van der Waals surface area contributed by atoms with Crippen molar-refractivity contribution < 1.29 is 9.90 Å². The number of thioether (sulfide) groups is 1. The molecule has 0 spiro atoms. The third-order valence-electron chi connectivity index (χ3n) is 4.74. The number of benzene rings is 2. The average molecular weight is 368 g/mol. The van der Waals surface area contributed by atoms with Crippen molar-refractivity contribution in [3.8, 4) is 0 Å². The molecule has 1 aliphatic heterocycles. The van der Waals surface area contributed by atoms with Gasteiger partial charge < -0.3 is 10.0 Å². The van der Waals surface area contributed by atoms with E-state index in [0.717, 1.165) is 18.0 Å². The Hall–Kier alpha value is -2.54. The molecule has 2 N–H and O–H groups in total. The van der Waals surface area contributed by atoms with Gasteiger partial charge in [0.1, 0.15) is 5.69 Å². The number of rotatable bonds is 5. The van der Waals surface area contributed by atoms with Crippen LogP contribution in [-0.2, 0) is 5.75 Å². The van der Waals surface area contributed by atoms with Crippen LogP contribution < -0.4 is 4.90 Å². The second-order valence-electron chi connectivity index (χ2n) is 6.39. The van der Waals surface area contributed by atoms with Gasteiger partial charge in [-0.1, -0.05) is 24.3 Å². The number of nitrogens with zero attached hydrogens (tertiary/aromatic N) is 3. The lowest BCUT2D eigenvalue weighted by atomic mass is 10.1. The van der Waals surface area contributed by atoms with Crippen LogP contribution in [0.4, 0.5) is 5.69 Å². The number of piperidine rings is 1. The first-order valence-corrected chi connectivity index (χ1v) is 9.75. The number of aromatic nitrogens is 3. The average Bonchev–Trinajstić information content (AvgIpc) is 3.16. The topological polar surface area (TPSA) is 82.1 Å². The van der Waals surface area contributed by atoms with Crippen LogP contribution in [0.5, 0.6) is 0 Å². The molecule has 0 atom stereocenters. The first-order chi connectivity index (χ1) is 12.7. The smallest absolute Gasteiger partial charge is 0.358 e. The molecule has 1 fully saturated rings. The van der Waals surface area contributed by atoms with Crippen LogP contribution in [0.15, 0.2) is 41.3 Å². The highest BCUT2D eigenvalue weighted by Gasteiger charge is 2.17. The van der Waals surface area contributed by atoms with E-state index in [2.05, 4.69) is 50.6 Å². The van der Waals surface area contributed by atoms with Crippen LogP contribution >= 0.6 is 11.8 Å². The molecule has 0 radical (unpaired) electrons. The molecule has 6 nitrogen and oxygen atoms in total. The molecule has 0 bridgehead atoms. The number of H-pyrrole nitrogens is 1. The maximum absolute atomic E-state index is 11.2. The zero-order chi connectivity index (χ0) is 17.9. The van der Waals surface area contributed by atoms with Crippen molar-refractivity contribution >= 4 is 34.2 Å². The van der Waals surface area contributed by atoms with Crippen molar-refractivity contribution in [3.05, 3.63) is 47.8 Å². The predicted octanol–water partition coefficient (Wildman–Crippen LogP) is 3.94. The van der Waals surface area contributed by atoms with E-state index in [0.29, 0.717) is 11.4 Å². The van der Waals surface area contributed by atoms with E-state index in [1.54, 1.807) is 11.8 Å². The van der Waals surface area contributed by atoms with Crippen molar-refractivity contribution in [2.75, 3.05) is 18.0 Å².